The number of halogens is 2. The van der Waals surface area contributed by atoms with Crippen LogP contribution >= 0.6 is 11.6 Å². The van der Waals surface area contributed by atoms with Gasteiger partial charge in [0.05, 0.1) is 17.5 Å². The zero-order chi connectivity index (χ0) is 13.0. The van der Waals surface area contributed by atoms with Crippen molar-refractivity contribution in [1.29, 1.82) is 5.26 Å². The molecule has 0 aliphatic carbocycles. The first-order valence-corrected chi connectivity index (χ1v) is 6.37. The Morgan fingerprint density at radius 1 is 1.44 bits per heavy atom. The van der Waals surface area contributed by atoms with E-state index < -0.39 is 5.82 Å². The molecule has 0 saturated carbocycles. The number of nitrogens with zero attached hydrogens (tertiary/aromatic N) is 2. The van der Waals surface area contributed by atoms with Crippen molar-refractivity contribution in [1.82, 2.24) is 10.2 Å². The Morgan fingerprint density at radius 3 is 2.78 bits per heavy atom. The fraction of sp³-hybridized carbons (Fsp3) is 0.462. The molecule has 0 amide bonds. The maximum Gasteiger partial charge on any atom is 0.142 e. The summed E-state index contributed by atoms with van der Waals surface area (Å²) in [4.78, 5) is 2.21. The second-order valence-corrected chi connectivity index (χ2v) is 4.74. The molecule has 1 aromatic rings. The van der Waals surface area contributed by atoms with Gasteiger partial charge in [-0.25, -0.2) is 4.39 Å². The van der Waals surface area contributed by atoms with Crippen LogP contribution < -0.4 is 5.32 Å². The lowest BCUT2D eigenvalue weighted by molar-refractivity contribution is 0.175. The lowest BCUT2D eigenvalue weighted by atomic mass is 10.0. The highest BCUT2D eigenvalue weighted by molar-refractivity contribution is 6.30. The largest absolute Gasteiger partial charge is 0.314 e. The lowest BCUT2D eigenvalue weighted by Crippen LogP contribution is -2.45. The Bertz CT molecular complexity index is 452. The van der Waals surface area contributed by atoms with Crippen LogP contribution in [0.1, 0.15) is 18.0 Å². The smallest absolute Gasteiger partial charge is 0.142 e. The minimum absolute atomic E-state index is 0.0520. The van der Waals surface area contributed by atoms with E-state index in [1.54, 1.807) is 12.1 Å². The molecule has 0 radical (unpaired) electrons. The highest BCUT2D eigenvalue weighted by atomic mass is 35.5. The number of nitrogens with one attached hydrogen (secondary N) is 1. The van der Waals surface area contributed by atoms with E-state index in [9.17, 15) is 4.39 Å². The van der Waals surface area contributed by atoms with Gasteiger partial charge in [0.15, 0.2) is 0 Å². The molecule has 0 aromatic heterocycles. The summed E-state index contributed by atoms with van der Waals surface area (Å²) < 4.78 is 13.5. The van der Waals surface area contributed by atoms with Crippen molar-refractivity contribution in [3.05, 3.63) is 34.6 Å². The molecule has 18 heavy (non-hydrogen) atoms. The minimum atomic E-state index is -0.424. The Balaban J connectivity index is 2.22. The molecule has 1 saturated heterocycles. The molecule has 0 unspecified atom stereocenters. The van der Waals surface area contributed by atoms with Crippen LogP contribution in [0.25, 0.3) is 0 Å². The molecular formula is C13H15ClFN3. The number of hydrogen-bond acceptors (Lipinski definition) is 3. The maximum atomic E-state index is 13.5. The van der Waals surface area contributed by atoms with E-state index in [0.29, 0.717) is 6.42 Å². The average molecular weight is 268 g/mol. The first kappa shape index (κ1) is 13.3. The van der Waals surface area contributed by atoms with E-state index >= 15 is 0 Å². The molecule has 1 heterocycles. The fourth-order valence-corrected chi connectivity index (χ4v) is 2.38. The summed E-state index contributed by atoms with van der Waals surface area (Å²) in [5.74, 6) is -0.424. The summed E-state index contributed by atoms with van der Waals surface area (Å²) >= 11 is 5.68. The summed E-state index contributed by atoms with van der Waals surface area (Å²) in [5.41, 5.74) is 0.820. The monoisotopic (exact) mass is 267 g/mol. The van der Waals surface area contributed by atoms with E-state index in [1.807, 2.05) is 0 Å². The molecule has 1 fully saturated rings. The molecule has 3 nitrogen and oxygen atoms in total. The zero-order valence-electron chi connectivity index (χ0n) is 10.00. The number of nitriles is 1. The molecule has 5 heteroatoms. The summed E-state index contributed by atoms with van der Waals surface area (Å²) in [7, 11) is 0. The number of rotatable bonds is 3. The van der Waals surface area contributed by atoms with Crippen molar-refractivity contribution in [3.8, 4) is 6.07 Å². The van der Waals surface area contributed by atoms with Crippen LogP contribution in [-0.4, -0.2) is 31.1 Å². The SMILES string of the molecule is N#CC[C@@H](c1ccc(Cl)c(F)c1)N1CCNCC1. The summed E-state index contributed by atoms with van der Waals surface area (Å²) in [5, 5.41) is 12.3. The third kappa shape index (κ3) is 2.99. The highest BCUT2D eigenvalue weighted by Crippen LogP contribution is 2.27. The van der Waals surface area contributed by atoms with Gasteiger partial charge in [-0.2, -0.15) is 5.26 Å². The van der Waals surface area contributed by atoms with E-state index in [4.69, 9.17) is 16.9 Å². The topological polar surface area (TPSA) is 39.1 Å². The van der Waals surface area contributed by atoms with E-state index in [2.05, 4.69) is 16.3 Å². The van der Waals surface area contributed by atoms with Gasteiger partial charge in [-0.3, -0.25) is 4.90 Å². The molecule has 96 valence electrons. The fourth-order valence-electron chi connectivity index (χ4n) is 2.26. The average Bonchev–Trinajstić information content (AvgIpc) is 2.40. The van der Waals surface area contributed by atoms with E-state index in [-0.39, 0.29) is 11.1 Å². The standard InChI is InChI=1S/C13H15ClFN3/c14-11-2-1-10(9-12(11)15)13(3-4-16)18-7-5-17-6-8-18/h1-2,9,13,17H,3,5-8H2/t13-/m0/s1. The Kier molecular flexibility index (Phi) is 4.54. The van der Waals surface area contributed by atoms with Gasteiger partial charge >= 0.3 is 0 Å². The van der Waals surface area contributed by atoms with Gasteiger partial charge in [-0.15, -0.1) is 0 Å². The van der Waals surface area contributed by atoms with Crippen molar-refractivity contribution in [3.63, 3.8) is 0 Å². The molecule has 1 aliphatic heterocycles. The first-order chi connectivity index (χ1) is 8.72. The lowest BCUT2D eigenvalue weighted by Gasteiger charge is -2.34. The normalized spacial score (nSPS) is 18.3. The van der Waals surface area contributed by atoms with E-state index in [1.165, 1.54) is 6.07 Å². The molecule has 0 bridgehead atoms. The second-order valence-electron chi connectivity index (χ2n) is 4.34. The first-order valence-electron chi connectivity index (χ1n) is 5.99. The van der Waals surface area contributed by atoms with Crippen LogP contribution in [0.3, 0.4) is 0 Å². The predicted molar refractivity (Wildman–Crippen MR) is 68.8 cm³/mol. The van der Waals surface area contributed by atoms with Crippen molar-refractivity contribution in [2.75, 3.05) is 26.2 Å². The van der Waals surface area contributed by atoms with Gasteiger partial charge in [0.25, 0.3) is 0 Å². The Morgan fingerprint density at radius 2 is 2.17 bits per heavy atom. The number of piperazine rings is 1. The van der Waals surface area contributed by atoms with Crippen LogP contribution in [0, 0.1) is 17.1 Å². The maximum absolute atomic E-state index is 13.5. The molecular weight excluding hydrogens is 253 g/mol. The predicted octanol–water partition coefficient (Wildman–Crippen LogP) is 2.34. The minimum Gasteiger partial charge on any atom is -0.314 e. The quantitative estimate of drug-likeness (QED) is 0.914. The third-order valence-electron chi connectivity index (χ3n) is 3.21. The zero-order valence-corrected chi connectivity index (χ0v) is 10.8. The van der Waals surface area contributed by atoms with Crippen molar-refractivity contribution in [2.24, 2.45) is 0 Å². The molecule has 1 N–H and O–H groups in total. The molecule has 1 atom stereocenters. The van der Waals surface area contributed by atoms with Crippen LogP contribution in [0.15, 0.2) is 18.2 Å². The van der Waals surface area contributed by atoms with Crippen LogP contribution in [0.2, 0.25) is 5.02 Å². The van der Waals surface area contributed by atoms with Gasteiger partial charge in [-0.1, -0.05) is 17.7 Å². The Labute approximate surface area is 111 Å². The van der Waals surface area contributed by atoms with E-state index in [0.717, 1.165) is 31.7 Å². The summed E-state index contributed by atoms with van der Waals surface area (Å²) in [6.45, 7) is 3.54. The molecule has 1 aliphatic rings. The number of hydrogen-bond donors (Lipinski definition) is 1. The molecule has 0 spiro atoms. The van der Waals surface area contributed by atoms with Crippen molar-refractivity contribution >= 4 is 11.6 Å². The van der Waals surface area contributed by atoms with Gasteiger partial charge in [0.1, 0.15) is 5.82 Å². The van der Waals surface area contributed by atoms with Crippen LogP contribution in [0.4, 0.5) is 4.39 Å². The van der Waals surface area contributed by atoms with Crippen molar-refractivity contribution < 1.29 is 4.39 Å². The summed E-state index contributed by atoms with van der Waals surface area (Å²) in [6.07, 6.45) is 0.362. The summed E-state index contributed by atoms with van der Waals surface area (Å²) in [6, 6.07) is 6.92. The second kappa shape index (κ2) is 6.14. The van der Waals surface area contributed by atoms with Crippen LogP contribution in [-0.2, 0) is 0 Å². The van der Waals surface area contributed by atoms with Gasteiger partial charge in [0.2, 0.25) is 0 Å². The molecule has 2 rings (SSSR count). The van der Waals surface area contributed by atoms with Gasteiger partial charge in [0, 0.05) is 32.2 Å². The van der Waals surface area contributed by atoms with Gasteiger partial charge < -0.3 is 5.32 Å². The van der Waals surface area contributed by atoms with Crippen LogP contribution in [0.5, 0.6) is 0 Å². The Hall–Kier alpha value is -1.15. The third-order valence-corrected chi connectivity index (χ3v) is 3.51. The molecule has 1 aromatic carbocycles. The van der Waals surface area contributed by atoms with Gasteiger partial charge in [-0.05, 0) is 17.7 Å². The highest BCUT2D eigenvalue weighted by Gasteiger charge is 2.22. The number of benzene rings is 1. The van der Waals surface area contributed by atoms with Crippen molar-refractivity contribution in [2.45, 2.75) is 12.5 Å².